The molecule has 0 amide bonds. The van der Waals surface area contributed by atoms with Crippen LogP contribution < -0.4 is 10.5 Å². The third kappa shape index (κ3) is 2.45. The molecule has 0 saturated heterocycles. The van der Waals surface area contributed by atoms with Crippen molar-refractivity contribution in [3.63, 3.8) is 0 Å². The third-order valence-corrected chi connectivity index (χ3v) is 3.82. The Morgan fingerprint density at radius 1 is 1.29 bits per heavy atom. The molecule has 0 fully saturated rings. The van der Waals surface area contributed by atoms with E-state index in [1.165, 1.54) is 12.1 Å². The first-order valence-electron chi connectivity index (χ1n) is 5.97. The summed E-state index contributed by atoms with van der Waals surface area (Å²) in [6.07, 6.45) is 0. The smallest absolute Gasteiger partial charge is 0.205 e. The standard InChI is InChI=1S/C14H10BrClFN3O/c1-21-9-3-7(15)2-8(4-9)20-13-5-10(16)11(17)6-12(13)19-14(20)18/h2-6H,1H3,(H2,18,19). The van der Waals surface area contributed by atoms with Crippen LogP contribution in [0.5, 0.6) is 5.75 Å². The summed E-state index contributed by atoms with van der Waals surface area (Å²) < 4.78 is 21.3. The highest BCUT2D eigenvalue weighted by Gasteiger charge is 2.14. The van der Waals surface area contributed by atoms with Gasteiger partial charge in [-0.2, -0.15) is 0 Å². The second-order valence-electron chi connectivity index (χ2n) is 4.41. The van der Waals surface area contributed by atoms with Crippen LogP contribution in [0.1, 0.15) is 0 Å². The molecule has 0 atom stereocenters. The first-order valence-corrected chi connectivity index (χ1v) is 7.14. The number of hydrogen-bond donors (Lipinski definition) is 1. The molecule has 3 aromatic rings. The number of aromatic nitrogens is 2. The average Bonchev–Trinajstić information content (AvgIpc) is 2.74. The van der Waals surface area contributed by atoms with Gasteiger partial charge in [-0.1, -0.05) is 27.5 Å². The van der Waals surface area contributed by atoms with Crippen molar-refractivity contribution >= 4 is 44.5 Å². The quantitative estimate of drug-likeness (QED) is 0.736. The van der Waals surface area contributed by atoms with Crippen LogP contribution in [0.25, 0.3) is 16.7 Å². The summed E-state index contributed by atoms with van der Waals surface area (Å²) in [4.78, 5) is 4.16. The van der Waals surface area contributed by atoms with Gasteiger partial charge in [0.15, 0.2) is 0 Å². The van der Waals surface area contributed by atoms with Gasteiger partial charge in [0.2, 0.25) is 5.95 Å². The molecule has 21 heavy (non-hydrogen) atoms. The zero-order chi connectivity index (χ0) is 15.1. The lowest BCUT2D eigenvalue weighted by Crippen LogP contribution is -2.01. The van der Waals surface area contributed by atoms with Crippen molar-refractivity contribution in [1.29, 1.82) is 0 Å². The molecule has 0 aliphatic heterocycles. The van der Waals surface area contributed by atoms with E-state index in [0.717, 1.165) is 10.2 Å². The van der Waals surface area contributed by atoms with Crippen LogP contribution in [-0.2, 0) is 0 Å². The predicted octanol–water partition coefficient (Wildman–Crippen LogP) is 4.17. The van der Waals surface area contributed by atoms with E-state index < -0.39 is 5.82 Å². The fraction of sp³-hybridized carbons (Fsp3) is 0.0714. The van der Waals surface area contributed by atoms with Crippen molar-refractivity contribution in [2.24, 2.45) is 0 Å². The zero-order valence-electron chi connectivity index (χ0n) is 10.9. The molecule has 3 rings (SSSR count). The van der Waals surface area contributed by atoms with E-state index in [2.05, 4.69) is 20.9 Å². The van der Waals surface area contributed by atoms with Crippen molar-refractivity contribution in [1.82, 2.24) is 9.55 Å². The van der Waals surface area contributed by atoms with E-state index in [-0.39, 0.29) is 11.0 Å². The van der Waals surface area contributed by atoms with Crippen LogP contribution in [0.15, 0.2) is 34.8 Å². The topological polar surface area (TPSA) is 53.1 Å². The largest absolute Gasteiger partial charge is 0.497 e. The molecular weight excluding hydrogens is 361 g/mol. The first-order chi connectivity index (χ1) is 9.99. The summed E-state index contributed by atoms with van der Waals surface area (Å²) in [6, 6.07) is 8.25. The summed E-state index contributed by atoms with van der Waals surface area (Å²) in [5, 5.41) is 0.0191. The molecule has 1 heterocycles. The first kappa shape index (κ1) is 14.2. The number of nitrogens with two attached hydrogens (primary N) is 1. The average molecular weight is 371 g/mol. The van der Waals surface area contributed by atoms with Crippen LogP contribution in [0.2, 0.25) is 5.02 Å². The minimum Gasteiger partial charge on any atom is -0.497 e. The monoisotopic (exact) mass is 369 g/mol. The molecule has 0 spiro atoms. The Morgan fingerprint density at radius 2 is 2.05 bits per heavy atom. The molecule has 0 aliphatic rings. The summed E-state index contributed by atoms with van der Waals surface area (Å²) in [5.41, 5.74) is 7.76. The van der Waals surface area contributed by atoms with Crippen molar-refractivity contribution in [2.75, 3.05) is 12.8 Å². The van der Waals surface area contributed by atoms with Gasteiger partial charge in [0, 0.05) is 16.6 Å². The second-order valence-corrected chi connectivity index (χ2v) is 5.73. The molecule has 0 unspecified atom stereocenters. The van der Waals surface area contributed by atoms with Crippen molar-refractivity contribution in [3.05, 3.63) is 45.6 Å². The molecule has 0 saturated carbocycles. The lowest BCUT2D eigenvalue weighted by molar-refractivity contribution is 0.414. The van der Waals surface area contributed by atoms with E-state index in [9.17, 15) is 4.39 Å². The normalized spacial score (nSPS) is 11.0. The summed E-state index contributed by atoms with van der Waals surface area (Å²) in [5.74, 6) is 0.376. The number of fused-ring (bicyclic) bond motifs is 1. The number of ether oxygens (including phenoxy) is 1. The van der Waals surface area contributed by atoms with Gasteiger partial charge in [0.25, 0.3) is 0 Å². The molecule has 0 bridgehead atoms. The van der Waals surface area contributed by atoms with Crippen molar-refractivity contribution in [2.45, 2.75) is 0 Å². The number of methoxy groups -OCH3 is 1. The maximum absolute atomic E-state index is 13.5. The summed E-state index contributed by atoms with van der Waals surface area (Å²) in [7, 11) is 1.58. The minimum atomic E-state index is -0.527. The Bertz CT molecular complexity index is 850. The van der Waals surface area contributed by atoms with Crippen LogP contribution in [0, 0.1) is 5.82 Å². The van der Waals surface area contributed by atoms with Gasteiger partial charge in [-0.05, 0) is 18.2 Å². The Morgan fingerprint density at radius 3 is 2.76 bits per heavy atom. The van der Waals surface area contributed by atoms with Gasteiger partial charge in [0.1, 0.15) is 11.6 Å². The minimum absolute atomic E-state index is 0.0191. The van der Waals surface area contributed by atoms with Gasteiger partial charge in [-0.25, -0.2) is 9.37 Å². The number of anilines is 1. The SMILES string of the molecule is COc1cc(Br)cc(-n2c(N)nc3cc(F)c(Cl)cc32)c1. The van der Waals surface area contributed by atoms with Crippen LogP contribution >= 0.6 is 27.5 Å². The molecule has 2 aromatic carbocycles. The van der Waals surface area contributed by atoms with Gasteiger partial charge < -0.3 is 10.5 Å². The zero-order valence-corrected chi connectivity index (χ0v) is 13.2. The third-order valence-electron chi connectivity index (χ3n) is 3.07. The van der Waals surface area contributed by atoms with E-state index in [0.29, 0.717) is 16.8 Å². The Labute approximate surface area is 133 Å². The number of benzene rings is 2. The molecule has 108 valence electrons. The van der Waals surface area contributed by atoms with E-state index in [4.69, 9.17) is 22.1 Å². The van der Waals surface area contributed by atoms with Gasteiger partial charge >= 0.3 is 0 Å². The number of halogens is 3. The number of rotatable bonds is 2. The predicted molar refractivity (Wildman–Crippen MR) is 84.7 cm³/mol. The summed E-state index contributed by atoms with van der Waals surface area (Å²) >= 11 is 9.27. The molecular formula is C14H10BrClFN3O. The van der Waals surface area contributed by atoms with Crippen LogP contribution in [-0.4, -0.2) is 16.7 Å². The highest BCUT2D eigenvalue weighted by molar-refractivity contribution is 9.10. The Kier molecular flexibility index (Phi) is 3.51. The Hall–Kier alpha value is -1.79. The van der Waals surface area contributed by atoms with Crippen molar-refractivity contribution < 1.29 is 9.13 Å². The van der Waals surface area contributed by atoms with E-state index >= 15 is 0 Å². The number of nitrogens with zero attached hydrogens (tertiary/aromatic N) is 2. The van der Waals surface area contributed by atoms with Gasteiger partial charge in [0.05, 0.1) is 28.9 Å². The molecule has 7 heteroatoms. The van der Waals surface area contributed by atoms with Gasteiger partial charge in [-0.15, -0.1) is 0 Å². The van der Waals surface area contributed by atoms with Crippen LogP contribution in [0.3, 0.4) is 0 Å². The van der Waals surface area contributed by atoms with Crippen molar-refractivity contribution in [3.8, 4) is 11.4 Å². The van der Waals surface area contributed by atoms with E-state index in [1.54, 1.807) is 17.7 Å². The number of imidazole rings is 1. The molecule has 1 aromatic heterocycles. The maximum atomic E-state index is 13.5. The molecule has 2 N–H and O–H groups in total. The fourth-order valence-electron chi connectivity index (χ4n) is 2.16. The Balaban J connectivity index is 2.31. The highest BCUT2D eigenvalue weighted by Crippen LogP contribution is 2.31. The molecule has 0 aliphatic carbocycles. The molecule has 4 nitrogen and oxygen atoms in total. The number of nitrogen functional groups attached to an aromatic ring is 1. The second kappa shape index (κ2) is 5.20. The van der Waals surface area contributed by atoms with Gasteiger partial charge in [-0.3, -0.25) is 4.57 Å². The highest BCUT2D eigenvalue weighted by atomic mass is 79.9. The number of hydrogen-bond acceptors (Lipinski definition) is 3. The maximum Gasteiger partial charge on any atom is 0.205 e. The lowest BCUT2D eigenvalue weighted by Gasteiger charge is -2.10. The lowest BCUT2D eigenvalue weighted by atomic mass is 10.2. The molecule has 0 radical (unpaired) electrons. The fourth-order valence-corrected chi connectivity index (χ4v) is 2.78. The summed E-state index contributed by atoms with van der Waals surface area (Å²) in [6.45, 7) is 0. The van der Waals surface area contributed by atoms with Crippen LogP contribution in [0.4, 0.5) is 10.3 Å². The van der Waals surface area contributed by atoms with E-state index in [1.807, 2.05) is 12.1 Å².